The van der Waals surface area contributed by atoms with Crippen molar-refractivity contribution >= 4 is 5.91 Å². The summed E-state index contributed by atoms with van der Waals surface area (Å²) in [5.74, 6) is -0.257. The maximum Gasteiger partial charge on any atom is 0.335 e. The molecule has 0 atom stereocenters. The summed E-state index contributed by atoms with van der Waals surface area (Å²) < 4.78 is 4.62. The quantitative estimate of drug-likeness (QED) is 0.871. The fourth-order valence-corrected chi connectivity index (χ4v) is 1.46. The zero-order valence-electron chi connectivity index (χ0n) is 9.63. The van der Waals surface area contributed by atoms with Crippen molar-refractivity contribution in [2.75, 3.05) is 6.54 Å². The van der Waals surface area contributed by atoms with Gasteiger partial charge in [-0.3, -0.25) is 9.78 Å². The van der Waals surface area contributed by atoms with Crippen molar-refractivity contribution in [3.8, 4) is 0 Å². The van der Waals surface area contributed by atoms with Gasteiger partial charge < -0.3 is 9.73 Å². The third kappa shape index (κ3) is 3.28. The Kier molecular flexibility index (Phi) is 3.86. The van der Waals surface area contributed by atoms with Crippen molar-refractivity contribution in [3.63, 3.8) is 0 Å². The van der Waals surface area contributed by atoms with Crippen molar-refractivity contribution in [2.45, 2.75) is 6.42 Å². The molecule has 2 aromatic heterocycles. The van der Waals surface area contributed by atoms with Gasteiger partial charge in [0.25, 0.3) is 5.91 Å². The standard InChI is InChI=1S/C13H12N2O3/c16-12-2-1-11(9-18-12)13(17)15-8-5-10-3-6-14-7-4-10/h1-4,6-7,9H,5,8H2,(H,15,17). The minimum atomic E-state index is -0.469. The molecule has 0 unspecified atom stereocenters. The van der Waals surface area contributed by atoms with Crippen LogP contribution in [0.2, 0.25) is 0 Å². The largest absolute Gasteiger partial charge is 0.430 e. The minimum absolute atomic E-state index is 0.257. The number of carbonyl (C=O) groups excluding carboxylic acids is 1. The smallest absolute Gasteiger partial charge is 0.335 e. The molecule has 0 aliphatic rings. The first-order chi connectivity index (χ1) is 8.75. The number of hydrogen-bond donors (Lipinski definition) is 1. The Bertz CT molecular complexity index is 558. The SMILES string of the molecule is O=C(NCCc1ccncc1)c1ccc(=O)oc1. The highest BCUT2D eigenvalue weighted by Crippen LogP contribution is 1.98. The molecular weight excluding hydrogens is 232 g/mol. The Morgan fingerprint density at radius 1 is 1.22 bits per heavy atom. The Morgan fingerprint density at radius 2 is 2.00 bits per heavy atom. The zero-order chi connectivity index (χ0) is 12.8. The highest BCUT2D eigenvalue weighted by Gasteiger charge is 2.05. The Labute approximate surface area is 103 Å². The lowest BCUT2D eigenvalue weighted by Crippen LogP contribution is -2.25. The molecule has 2 heterocycles. The van der Waals surface area contributed by atoms with Crippen molar-refractivity contribution in [1.82, 2.24) is 10.3 Å². The van der Waals surface area contributed by atoms with Crippen LogP contribution in [0.1, 0.15) is 15.9 Å². The first-order valence-electron chi connectivity index (χ1n) is 5.51. The van der Waals surface area contributed by atoms with E-state index in [1.165, 1.54) is 12.1 Å². The molecule has 92 valence electrons. The predicted octanol–water partition coefficient (Wildman–Crippen LogP) is 1.01. The molecule has 0 bridgehead atoms. The molecule has 0 saturated heterocycles. The Morgan fingerprint density at radius 3 is 2.67 bits per heavy atom. The molecular formula is C13H12N2O3. The molecule has 1 N–H and O–H groups in total. The van der Waals surface area contributed by atoms with Crippen LogP contribution < -0.4 is 10.9 Å². The van der Waals surface area contributed by atoms with Crippen LogP contribution in [-0.4, -0.2) is 17.4 Å². The third-order valence-electron chi connectivity index (χ3n) is 2.41. The maximum absolute atomic E-state index is 11.7. The van der Waals surface area contributed by atoms with E-state index in [1.807, 2.05) is 12.1 Å². The van der Waals surface area contributed by atoms with E-state index in [-0.39, 0.29) is 5.91 Å². The van der Waals surface area contributed by atoms with Crippen molar-refractivity contribution in [2.24, 2.45) is 0 Å². The number of hydrogen-bond acceptors (Lipinski definition) is 4. The molecule has 5 heteroatoms. The Hall–Kier alpha value is -2.43. The van der Waals surface area contributed by atoms with Gasteiger partial charge in [0.1, 0.15) is 6.26 Å². The van der Waals surface area contributed by atoms with Gasteiger partial charge in [0, 0.05) is 25.0 Å². The van der Waals surface area contributed by atoms with Gasteiger partial charge in [-0.15, -0.1) is 0 Å². The van der Waals surface area contributed by atoms with Gasteiger partial charge in [0.2, 0.25) is 0 Å². The van der Waals surface area contributed by atoms with Gasteiger partial charge in [0.05, 0.1) is 5.56 Å². The van der Waals surface area contributed by atoms with Gasteiger partial charge >= 0.3 is 5.63 Å². The van der Waals surface area contributed by atoms with Crippen molar-refractivity contribution in [3.05, 3.63) is 64.5 Å². The maximum atomic E-state index is 11.7. The van der Waals surface area contributed by atoms with Crippen LogP contribution >= 0.6 is 0 Å². The monoisotopic (exact) mass is 244 g/mol. The highest BCUT2D eigenvalue weighted by atomic mass is 16.4. The van der Waals surface area contributed by atoms with Crippen LogP contribution in [0.4, 0.5) is 0 Å². The van der Waals surface area contributed by atoms with E-state index in [2.05, 4.69) is 14.7 Å². The molecule has 0 spiro atoms. The molecule has 2 rings (SSSR count). The average molecular weight is 244 g/mol. The normalized spacial score (nSPS) is 10.0. The number of rotatable bonds is 4. The molecule has 0 fully saturated rings. The van der Waals surface area contributed by atoms with Gasteiger partial charge in [-0.2, -0.15) is 0 Å². The fourth-order valence-electron chi connectivity index (χ4n) is 1.46. The lowest BCUT2D eigenvalue weighted by Gasteiger charge is -2.04. The van der Waals surface area contributed by atoms with Crippen LogP contribution in [0.5, 0.6) is 0 Å². The zero-order valence-corrected chi connectivity index (χ0v) is 9.63. The summed E-state index contributed by atoms with van der Waals surface area (Å²) in [5.41, 5.74) is 0.970. The van der Waals surface area contributed by atoms with Crippen LogP contribution in [-0.2, 0) is 6.42 Å². The molecule has 2 aromatic rings. The summed E-state index contributed by atoms with van der Waals surface area (Å²) in [7, 11) is 0. The van der Waals surface area contributed by atoms with Crippen molar-refractivity contribution < 1.29 is 9.21 Å². The van der Waals surface area contributed by atoms with Gasteiger partial charge in [-0.25, -0.2) is 4.79 Å². The number of amides is 1. The van der Waals surface area contributed by atoms with E-state index in [0.29, 0.717) is 12.1 Å². The van der Waals surface area contributed by atoms with E-state index < -0.39 is 5.63 Å². The second-order valence-corrected chi connectivity index (χ2v) is 3.70. The number of nitrogens with zero attached hydrogens (tertiary/aromatic N) is 1. The topological polar surface area (TPSA) is 72.2 Å². The van der Waals surface area contributed by atoms with Crippen LogP contribution in [0.3, 0.4) is 0 Å². The molecule has 0 aromatic carbocycles. The third-order valence-corrected chi connectivity index (χ3v) is 2.41. The second kappa shape index (κ2) is 5.77. The highest BCUT2D eigenvalue weighted by molar-refractivity contribution is 5.93. The summed E-state index contributed by atoms with van der Waals surface area (Å²) in [6.07, 6.45) is 5.31. The molecule has 5 nitrogen and oxygen atoms in total. The number of pyridine rings is 1. The predicted molar refractivity (Wildman–Crippen MR) is 65.3 cm³/mol. The first kappa shape index (κ1) is 12.0. The molecule has 0 aliphatic heterocycles. The second-order valence-electron chi connectivity index (χ2n) is 3.70. The lowest BCUT2D eigenvalue weighted by atomic mass is 10.2. The summed E-state index contributed by atoms with van der Waals surface area (Å²) in [6.45, 7) is 0.516. The average Bonchev–Trinajstić information content (AvgIpc) is 2.40. The van der Waals surface area contributed by atoms with E-state index >= 15 is 0 Å². The molecule has 1 amide bonds. The number of aromatic nitrogens is 1. The van der Waals surface area contributed by atoms with Crippen LogP contribution in [0.15, 0.2) is 52.1 Å². The summed E-state index contributed by atoms with van der Waals surface area (Å²) >= 11 is 0. The molecule has 0 saturated carbocycles. The number of nitrogens with one attached hydrogen (secondary N) is 1. The summed E-state index contributed by atoms with van der Waals surface area (Å²) in [6, 6.07) is 6.45. The van der Waals surface area contributed by atoms with Gasteiger partial charge in [-0.05, 0) is 30.2 Å². The van der Waals surface area contributed by atoms with E-state index in [0.717, 1.165) is 18.2 Å². The van der Waals surface area contributed by atoms with Crippen molar-refractivity contribution in [1.29, 1.82) is 0 Å². The van der Waals surface area contributed by atoms with E-state index in [9.17, 15) is 9.59 Å². The summed E-state index contributed by atoms with van der Waals surface area (Å²) in [4.78, 5) is 26.3. The lowest BCUT2D eigenvalue weighted by molar-refractivity contribution is 0.0951. The van der Waals surface area contributed by atoms with E-state index in [4.69, 9.17) is 0 Å². The Balaban J connectivity index is 1.85. The molecule has 18 heavy (non-hydrogen) atoms. The molecule has 0 radical (unpaired) electrons. The fraction of sp³-hybridized carbons (Fsp3) is 0.154. The van der Waals surface area contributed by atoms with Crippen LogP contribution in [0.25, 0.3) is 0 Å². The van der Waals surface area contributed by atoms with Crippen LogP contribution in [0, 0.1) is 0 Å². The summed E-state index contributed by atoms with van der Waals surface area (Å²) in [5, 5.41) is 2.75. The van der Waals surface area contributed by atoms with E-state index in [1.54, 1.807) is 12.4 Å². The van der Waals surface area contributed by atoms with Gasteiger partial charge in [-0.1, -0.05) is 0 Å². The minimum Gasteiger partial charge on any atom is -0.430 e. The first-order valence-corrected chi connectivity index (χ1v) is 5.51. The number of carbonyl (C=O) groups is 1. The van der Waals surface area contributed by atoms with Gasteiger partial charge in [0.15, 0.2) is 0 Å². The molecule has 0 aliphatic carbocycles.